The van der Waals surface area contributed by atoms with Crippen LogP contribution < -0.4 is 11.3 Å². The van der Waals surface area contributed by atoms with Gasteiger partial charge in [-0.25, -0.2) is 0 Å². The van der Waals surface area contributed by atoms with E-state index in [1.165, 1.54) is 80.6 Å². The predicted molar refractivity (Wildman–Crippen MR) is 319 cm³/mol. The van der Waals surface area contributed by atoms with Crippen LogP contribution in [0, 0.1) is 25.0 Å². The van der Waals surface area contributed by atoms with Crippen LogP contribution in [0.25, 0.3) is 45.0 Å². The highest BCUT2D eigenvalue weighted by Gasteiger charge is 2.45. The average Bonchev–Trinajstić information content (AvgIpc) is 4.18. The summed E-state index contributed by atoms with van der Waals surface area (Å²) in [5.41, 5.74) is 23.4. The molecular formula is C72H65N3. The summed E-state index contributed by atoms with van der Waals surface area (Å²) in [5.74, 6) is 6.35. The molecule has 368 valence electrons. The minimum atomic E-state index is -0.262. The van der Waals surface area contributed by atoms with E-state index in [9.17, 15) is 0 Å². The number of anilines is 1. The molecule has 11 rings (SSSR count). The highest BCUT2D eigenvalue weighted by Crippen LogP contribution is 2.56. The van der Waals surface area contributed by atoms with Crippen molar-refractivity contribution in [2.45, 2.75) is 52.0 Å². The first-order valence-corrected chi connectivity index (χ1v) is 26.2. The fraction of sp³-hybridized carbons (Fsp3) is 0.125. The standard InChI is InChI=1S/C31H26N2.C26H20.C15H19N/c1-2-3-10-26(25-11-5-4-6-12-25)20-17-24-18-21-27(22-19-24)28-13-9-14-29(23-28)30-15-7-8-16-31(30)33-32;1-19-16-17-25-23(18-19)22-14-8-9-15-24(22)26(25,20-10-4-2-5-11-20)21-12-6-3-7-13-21;1-2-3-5-10-14-11-15(14)16-12-13-8-6-4-7-9-13/h2-3,5,7-23,33H,32H2,1H3;2-18H,1H3;4-10,14H,2-3,11-12H2,1H3/b3-2+,20-17-,26-10+;;10-5-,16-15?. The Bertz CT molecular complexity index is 3380. The van der Waals surface area contributed by atoms with Gasteiger partial charge in [0.1, 0.15) is 0 Å². The maximum atomic E-state index is 5.70. The molecule has 1 fully saturated rings. The third-order valence-electron chi connectivity index (χ3n) is 13.9. The largest absolute Gasteiger partial charge is 0.324 e. The van der Waals surface area contributed by atoms with E-state index in [1.54, 1.807) is 0 Å². The quantitative estimate of drug-likeness (QED) is 0.0494. The number of aliphatic imine (C=N–C) groups is 1. The molecule has 9 aromatic rings. The van der Waals surface area contributed by atoms with Gasteiger partial charge in [0.15, 0.2) is 0 Å². The first-order chi connectivity index (χ1) is 37.0. The number of hydrogen-bond acceptors (Lipinski definition) is 3. The highest BCUT2D eigenvalue weighted by molar-refractivity contribution is 6.02. The van der Waals surface area contributed by atoms with Crippen LogP contribution >= 0.6 is 0 Å². The number of allylic oxidation sites excluding steroid dienone is 7. The number of unbranched alkanes of at least 4 members (excludes halogenated alkanes) is 1. The predicted octanol–water partition coefficient (Wildman–Crippen LogP) is 17.9. The number of hydrazine groups is 1. The number of nitrogens with two attached hydrogens (primary N) is 1. The van der Waals surface area contributed by atoms with Gasteiger partial charge >= 0.3 is 0 Å². The number of rotatable bonds is 14. The fourth-order valence-corrected chi connectivity index (χ4v) is 9.97. The molecule has 0 radical (unpaired) electrons. The lowest BCUT2D eigenvalue weighted by atomic mass is 9.68. The third kappa shape index (κ3) is 12.3. The highest BCUT2D eigenvalue weighted by atomic mass is 15.2. The number of nitrogens with zero attached hydrogens (tertiary/aromatic N) is 1. The number of nitrogen functional groups attached to an aromatic ring is 1. The number of nitrogens with one attached hydrogen (secondary N) is 1. The smallest absolute Gasteiger partial charge is 0.0713 e. The Morgan fingerprint density at radius 2 is 1.32 bits per heavy atom. The van der Waals surface area contributed by atoms with Gasteiger partial charge in [-0.1, -0.05) is 268 Å². The molecule has 3 nitrogen and oxygen atoms in total. The lowest BCUT2D eigenvalue weighted by Crippen LogP contribution is -2.28. The van der Waals surface area contributed by atoms with E-state index in [2.05, 4.69) is 249 Å². The topological polar surface area (TPSA) is 50.4 Å². The van der Waals surface area contributed by atoms with Crippen LogP contribution in [0.5, 0.6) is 0 Å². The van der Waals surface area contributed by atoms with Crippen LogP contribution in [-0.2, 0) is 12.0 Å². The van der Waals surface area contributed by atoms with Crippen molar-refractivity contribution in [2.75, 3.05) is 5.43 Å². The van der Waals surface area contributed by atoms with Gasteiger partial charge in [0.2, 0.25) is 0 Å². The molecule has 2 aliphatic rings. The second-order valence-corrected chi connectivity index (χ2v) is 19.0. The van der Waals surface area contributed by atoms with Gasteiger partial charge in [0.05, 0.1) is 17.6 Å². The number of benzene rings is 8. The second-order valence-electron chi connectivity index (χ2n) is 19.0. The summed E-state index contributed by atoms with van der Waals surface area (Å²) in [6, 6.07) is 85.1. The Hall–Kier alpha value is -8.81. The molecule has 1 atom stereocenters. The minimum absolute atomic E-state index is 0.262. The molecule has 0 amide bonds. The zero-order chi connectivity index (χ0) is 51.7. The summed E-state index contributed by atoms with van der Waals surface area (Å²) in [6.45, 7) is 7.24. The molecule has 9 aromatic carbocycles. The van der Waals surface area contributed by atoms with Crippen LogP contribution in [0.4, 0.5) is 5.69 Å². The van der Waals surface area contributed by atoms with Gasteiger partial charge in [-0.15, -0.1) is 0 Å². The van der Waals surface area contributed by atoms with Crippen LogP contribution in [-0.4, -0.2) is 5.71 Å². The van der Waals surface area contributed by atoms with Crippen LogP contribution in [0.2, 0.25) is 0 Å². The van der Waals surface area contributed by atoms with Gasteiger partial charge in [-0.3, -0.25) is 10.8 Å². The number of aryl methyl sites for hydroxylation is 1. The van der Waals surface area contributed by atoms with Crippen molar-refractivity contribution in [3.63, 3.8) is 0 Å². The lowest BCUT2D eigenvalue weighted by molar-refractivity contribution is 0.768. The minimum Gasteiger partial charge on any atom is -0.324 e. The molecule has 3 N–H and O–H groups in total. The fourth-order valence-electron chi connectivity index (χ4n) is 9.97. The van der Waals surface area contributed by atoms with E-state index in [-0.39, 0.29) is 5.41 Å². The normalized spacial score (nSPS) is 14.6. The van der Waals surface area contributed by atoms with E-state index in [0.717, 1.165) is 40.1 Å². The zero-order valence-corrected chi connectivity index (χ0v) is 43.3. The molecule has 0 spiro atoms. The molecule has 1 saturated carbocycles. The molecule has 0 heterocycles. The van der Waals surface area contributed by atoms with Crippen molar-refractivity contribution in [3.8, 4) is 33.4 Å². The van der Waals surface area contributed by atoms with Crippen LogP contribution in [0.3, 0.4) is 0 Å². The average molecular weight is 972 g/mol. The molecule has 2 aliphatic carbocycles. The van der Waals surface area contributed by atoms with E-state index < -0.39 is 0 Å². The van der Waals surface area contributed by atoms with Crippen molar-refractivity contribution >= 4 is 23.0 Å². The molecule has 0 aromatic heterocycles. The van der Waals surface area contributed by atoms with Crippen LogP contribution in [0.15, 0.2) is 266 Å². The zero-order valence-electron chi connectivity index (χ0n) is 43.3. The van der Waals surface area contributed by atoms with Crippen molar-refractivity contribution in [3.05, 3.63) is 318 Å². The van der Waals surface area contributed by atoms with Gasteiger partial charge in [-0.2, -0.15) is 0 Å². The summed E-state index contributed by atoms with van der Waals surface area (Å²) < 4.78 is 0. The second kappa shape index (κ2) is 25.2. The molecule has 1 unspecified atom stereocenters. The first kappa shape index (κ1) is 51.1. The van der Waals surface area contributed by atoms with Gasteiger partial charge < -0.3 is 5.43 Å². The molecular weight excluding hydrogens is 907 g/mol. The molecule has 75 heavy (non-hydrogen) atoms. The summed E-state index contributed by atoms with van der Waals surface area (Å²) in [4.78, 5) is 4.63. The molecule has 0 bridgehead atoms. The van der Waals surface area contributed by atoms with Crippen molar-refractivity contribution in [1.29, 1.82) is 0 Å². The van der Waals surface area contributed by atoms with Gasteiger partial charge in [0.25, 0.3) is 0 Å². The molecule has 0 saturated heterocycles. The van der Waals surface area contributed by atoms with E-state index in [4.69, 9.17) is 5.84 Å². The Morgan fingerprint density at radius 3 is 2.01 bits per heavy atom. The van der Waals surface area contributed by atoms with E-state index in [1.807, 2.05) is 61.5 Å². The van der Waals surface area contributed by atoms with E-state index >= 15 is 0 Å². The van der Waals surface area contributed by atoms with Crippen molar-refractivity contribution < 1.29 is 0 Å². The Labute approximate surface area is 445 Å². The van der Waals surface area contributed by atoms with Crippen molar-refractivity contribution in [1.82, 2.24) is 0 Å². The maximum Gasteiger partial charge on any atom is 0.0713 e. The van der Waals surface area contributed by atoms with E-state index in [0.29, 0.717) is 5.92 Å². The Kier molecular flexibility index (Phi) is 17.2. The SMILES string of the molecule is C/C=C/C=C(\C=C/c1ccc(-c2cccc(-c3ccccc3NN)c2)cc1)c1cc#ccc1.CCC/C=C\C1CC1=NCc1ccccc1.Cc1ccc2c(c1)-c1ccccc1C2(c1ccccc1)c1ccccc1. The molecule has 0 aliphatic heterocycles. The lowest BCUT2D eigenvalue weighted by Gasteiger charge is -2.33. The monoisotopic (exact) mass is 972 g/mol. The summed E-state index contributed by atoms with van der Waals surface area (Å²) in [7, 11) is 0. The first-order valence-electron chi connectivity index (χ1n) is 26.2. The number of fused-ring (bicyclic) bond motifs is 3. The number of para-hydroxylation sites is 1. The maximum absolute atomic E-state index is 5.70. The summed E-state index contributed by atoms with van der Waals surface area (Å²) in [5, 5.41) is 0. The van der Waals surface area contributed by atoms with Crippen molar-refractivity contribution in [2.24, 2.45) is 16.8 Å². The Morgan fingerprint density at radius 1 is 0.653 bits per heavy atom. The third-order valence-corrected chi connectivity index (χ3v) is 13.9. The summed E-state index contributed by atoms with van der Waals surface area (Å²) >= 11 is 0. The Balaban J connectivity index is 0.000000146. The van der Waals surface area contributed by atoms with Crippen LogP contribution in [0.1, 0.15) is 77.6 Å². The van der Waals surface area contributed by atoms with Gasteiger partial charge in [-0.05, 0) is 129 Å². The number of hydrogen-bond donors (Lipinski definition) is 2. The van der Waals surface area contributed by atoms with Gasteiger partial charge in [0, 0.05) is 17.2 Å². The summed E-state index contributed by atoms with van der Waals surface area (Å²) in [6.07, 6.45) is 18.7. The molecule has 3 heteroatoms.